The molecule has 104 valence electrons. The van der Waals surface area contributed by atoms with Gasteiger partial charge >= 0.3 is 0 Å². The van der Waals surface area contributed by atoms with Crippen molar-refractivity contribution in [1.82, 2.24) is 0 Å². The van der Waals surface area contributed by atoms with Crippen molar-refractivity contribution in [1.29, 1.82) is 0 Å². The van der Waals surface area contributed by atoms with Gasteiger partial charge in [0.05, 0.1) is 5.75 Å². The first kappa shape index (κ1) is 14.6. The summed E-state index contributed by atoms with van der Waals surface area (Å²) in [5.41, 5.74) is 4.45. The first-order valence-electron chi connectivity index (χ1n) is 7.26. The lowest BCUT2D eigenvalue weighted by Gasteiger charge is -2.11. The normalized spacial score (nSPS) is 15.9. The van der Waals surface area contributed by atoms with E-state index in [-0.39, 0.29) is 0 Å². The molecule has 1 aromatic carbocycles. The van der Waals surface area contributed by atoms with Crippen molar-refractivity contribution in [3.8, 4) is 0 Å². The van der Waals surface area contributed by atoms with Crippen LogP contribution in [0.3, 0.4) is 0 Å². The smallest absolute Gasteiger partial charge is 0.173 e. The Hall–Kier alpha value is -0.760. The van der Waals surface area contributed by atoms with Crippen molar-refractivity contribution in [2.75, 3.05) is 11.5 Å². The maximum absolute atomic E-state index is 12.4. The van der Waals surface area contributed by atoms with Crippen molar-refractivity contribution < 1.29 is 4.79 Å². The molecule has 2 rings (SSSR count). The van der Waals surface area contributed by atoms with Gasteiger partial charge in [-0.05, 0) is 56.4 Å². The van der Waals surface area contributed by atoms with Crippen LogP contribution >= 0.6 is 11.8 Å². The molecule has 0 aliphatic heterocycles. The van der Waals surface area contributed by atoms with Crippen molar-refractivity contribution in [3.05, 3.63) is 34.4 Å². The third kappa shape index (κ3) is 3.85. The third-order valence-corrected chi connectivity index (χ3v) is 5.19. The Morgan fingerprint density at radius 1 is 1.16 bits per heavy atom. The van der Waals surface area contributed by atoms with Crippen LogP contribution in [0.1, 0.15) is 52.7 Å². The molecule has 1 aromatic rings. The molecular weight excluding hydrogens is 252 g/mol. The molecule has 0 radical (unpaired) electrons. The van der Waals surface area contributed by atoms with Crippen LogP contribution in [0.2, 0.25) is 0 Å². The van der Waals surface area contributed by atoms with Crippen LogP contribution < -0.4 is 0 Å². The second kappa shape index (κ2) is 6.60. The number of hydrogen-bond donors (Lipinski definition) is 0. The second-order valence-corrected chi connectivity index (χ2v) is 6.89. The van der Waals surface area contributed by atoms with Gasteiger partial charge in [-0.1, -0.05) is 30.5 Å². The average molecular weight is 276 g/mol. The van der Waals surface area contributed by atoms with Gasteiger partial charge in [0.1, 0.15) is 0 Å². The Labute approximate surface area is 121 Å². The number of thioether (sulfide) groups is 1. The van der Waals surface area contributed by atoms with Crippen molar-refractivity contribution in [2.45, 2.75) is 46.5 Å². The topological polar surface area (TPSA) is 17.1 Å². The summed E-state index contributed by atoms with van der Waals surface area (Å²) >= 11 is 1.83. The van der Waals surface area contributed by atoms with Crippen LogP contribution in [0.4, 0.5) is 0 Å². The van der Waals surface area contributed by atoms with E-state index in [4.69, 9.17) is 0 Å². The molecule has 0 spiro atoms. The average Bonchev–Trinajstić information content (AvgIpc) is 2.80. The van der Waals surface area contributed by atoms with E-state index < -0.39 is 0 Å². The van der Waals surface area contributed by atoms with Gasteiger partial charge in [-0.15, -0.1) is 0 Å². The molecule has 1 saturated carbocycles. The molecule has 0 aromatic heterocycles. The molecule has 0 heterocycles. The zero-order valence-electron chi connectivity index (χ0n) is 12.3. The van der Waals surface area contributed by atoms with E-state index in [1.807, 2.05) is 11.8 Å². The molecule has 0 N–H and O–H groups in total. The van der Waals surface area contributed by atoms with Gasteiger partial charge in [0.25, 0.3) is 0 Å². The van der Waals surface area contributed by atoms with Gasteiger partial charge in [-0.25, -0.2) is 0 Å². The molecule has 1 aliphatic carbocycles. The Bertz CT molecular complexity index is 435. The molecule has 0 saturated heterocycles. The van der Waals surface area contributed by atoms with Crippen LogP contribution in [0.15, 0.2) is 12.1 Å². The fourth-order valence-corrected chi connectivity index (χ4v) is 4.30. The minimum Gasteiger partial charge on any atom is -0.293 e. The Balaban J connectivity index is 1.92. The number of carbonyl (C=O) groups is 1. The summed E-state index contributed by atoms with van der Waals surface area (Å²) < 4.78 is 0. The standard InChI is InChI=1S/C17H24OS/c1-12-8-13(2)17(14(3)9-12)16(18)11-19-10-15-6-4-5-7-15/h8-9,15H,4-7,10-11H2,1-3H3. The van der Waals surface area contributed by atoms with E-state index in [2.05, 4.69) is 32.9 Å². The number of benzene rings is 1. The van der Waals surface area contributed by atoms with Gasteiger partial charge < -0.3 is 0 Å². The summed E-state index contributed by atoms with van der Waals surface area (Å²) in [6.07, 6.45) is 5.50. The highest BCUT2D eigenvalue weighted by Crippen LogP contribution is 2.28. The number of hydrogen-bond acceptors (Lipinski definition) is 2. The molecule has 0 bridgehead atoms. The van der Waals surface area contributed by atoms with E-state index in [0.717, 1.165) is 28.4 Å². The summed E-state index contributed by atoms with van der Waals surface area (Å²) in [5, 5.41) is 0. The molecule has 1 fully saturated rings. The highest BCUT2D eigenvalue weighted by molar-refractivity contribution is 7.99. The minimum atomic E-state index is 0.304. The number of aryl methyl sites for hydroxylation is 3. The van der Waals surface area contributed by atoms with E-state index in [1.165, 1.54) is 31.2 Å². The van der Waals surface area contributed by atoms with Gasteiger partial charge in [-0.2, -0.15) is 11.8 Å². The fourth-order valence-electron chi connectivity index (χ4n) is 3.19. The van der Waals surface area contributed by atoms with E-state index in [9.17, 15) is 4.79 Å². The van der Waals surface area contributed by atoms with Crippen LogP contribution in [0.5, 0.6) is 0 Å². The van der Waals surface area contributed by atoms with Crippen LogP contribution in [-0.2, 0) is 0 Å². The predicted octanol–water partition coefficient (Wildman–Crippen LogP) is 4.72. The first-order valence-corrected chi connectivity index (χ1v) is 8.42. The highest BCUT2D eigenvalue weighted by Gasteiger charge is 2.17. The van der Waals surface area contributed by atoms with Crippen molar-refractivity contribution in [2.24, 2.45) is 5.92 Å². The Morgan fingerprint density at radius 2 is 1.74 bits per heavy atom. The maximum Gasteiger partial charge on any atom is 0.173 e. The molecule has 0 atom stereocenters. The molecule has 0 unspecified atom stereocenters. The third-order valence-electron chi connectivity index (χ3n) is 4.02. The molecular formula is C17H24OS. The van der Waals surface area contributed by atoms with E-state index >= 15 is 0 Å². The number of carbonyl (C=O) groups excluding carboxylic acids is 1. The van der Waals surface area contributed by atoms with Gasteiger partial charge in [0.2, 0.25) is 0 Å². The largest absolute Gasteiger partial charge is 0.293 e. The lowest BCUT2D eigenvalue weighted by Crippen LogP contribution is -2.09. The van der Waals surface area contributed by atoms with Gasteiger partial charge in [0.15, 0.2) is 5.78 Å². The molecule has 19 heavy (non-hydrogen) atoms. The van der Waals surface area contributed by atoms with Gasteiger partial charge in [0, 0.05) is 5.56 Å². The quantitative estimate of drug-likeness (QED) is 0.724. The fraction of sp³-hybridized carbons (Fsp3) is 0.588. The number of rotatable bonds is 5. The lowest BCUT2D eigenvalue weighted by atomic mass is 9.97. The van der Waals surface area contributed by atoms with Crippen LogP contribution in [0.25, 0.3) is 0 Å². The molecule has 1 aliphatic rings. The van der Waals surface area contributed by atoms with E-state index in [0.29, 0.717) is 11.5 Å². The zero-order valence-corrected chi connectivity index (χ0v) is 13.1. The second-order valence-electron chi connectivity index (χ2n) is 5.86. The monoisotopic (exact) mass is 276 g/mol. The summed E-state index contributed by atoms with van der Waals surface area (Å²) in [4.78, 5) is 12.4. The highest BCUT2D eigenvalue weighted by atomic mass is 32.2. The van der Waals surface area contributed by atoms with Crippen molar-refractivity contribution >= 4 is 17.5 Å². The molecule has 2 heteroatoms. The van der Waals surface area contributed by atoms with E-state index in [1.54, 1.807) is 0 Å². The Kier molecular flexibility index (Phi) is 5.09. The van der Waals surface area contributed by atoms with Crippen molar-refractivity contribution in [3.63, 3.8) is 0 Å². The number of Topliss-reactive ketones (excluding diaryl/α,β-unsaturated/α-hetero) is 1. The van der Waals surface area contributed by atoms with Gasteiger partial charge in [-0.3, -0.25) is 4.79 Å². The summed E-state index contributed by atoms with van der Waals surface area (Å²) in [7, 11) is 0. The predicted molar refractivity (Wildman–Crippen MR) is 84.3 cm³/mol. The van der Waals surface area contributed by atoms with Crippen LogP contribution in [-0.4, -0.2) is 17.3 Å². The molecule has 1 nitrogen and oxygen atoms in total. The lowest BCUT2D eigenvalue weighted by molar-refractivity contribution is 0.102. The summed E-state index contributed by atoms with van der Waals surface area (Å²) in [6, 6.07) is 4.23. The SMILES string of the molecule is Cc1cc(C)c(C(=O)CSCC2CCCC2)c(C)c1. The summed E-state index contributed by atoms with van der Waals surface area (Å²) in [5.74, 6) is 2.97. The zero-order chi connectivity index (χ0) is 13.8. The summed E-state index contributed by atoms with van der Waals surface area (Å²) in [6.45, 7) is 6.19. The molecule has 0 amide bonds. The minimum absolute atomic E-state index is 0.304. The first-order chi connectivity index (χ1) is 9.08. The Morgan fingerprint density at radius 3 is 2.32 bits per heavy atom. The van der Waals surface area contributed by atoms with Crippen LogP contribution in [0, 0.1) is 26.7 Å². The number of ketones is 1. The maximum atomic E-state index is 12.4.